The van der Waals surface area contributed by atoms with E-state index in [-0.39, 0.29) is 0 Å². The van der Waals surface area contributed by atoms with Crippen LogP contribution in [0.3, 0.4) is 0 Å². The van der Waals surface area contributed by atoms with Gasteiger partial charge in [0.2, 0.25) is 0 Å². The Kier molecular flexibility index (Phi) is 2.80. The highest BCUT2D eigenvalue weighted by Gasteiger charge is 2.23. The van der Waals surface area contributed by atoms with Crippen LogP contribution < -0.4 is 0 Å². The molecule has 0 unspecified atom stereocenters. The molecule has 0 aromatic carbocycles. The molecule has 9 heavy (non-hydrogen) atoms. The van der Waals surface area contributed by atoms with Crippen LogP contribution in [0.1, 0.15) is 33.1 Å². The van der Waals surface area contributed by atoms with Gasteiger partial charge in [-0.2, -0.15) is 0 Å². The van der Waals surface area contributed by atoms with Crippen molar-refractivity contribution in [3.05, 3.63) is 0 Å². The first-order valence-electron chi connectivity index (χ1n) is 3.84. The van der Waals surface area contributed by atoms with Gasteiger partial charge in [0.25, 0.3) is 0 Å². The predicted octanol–water partition coefficient (Wildman–Crippen LogP) is 3.25. The Bertz CT molecular complexity index is 88.6. The van der Waals surface area contributed by atoms with Gasteiger partial charge in [-0.3, -0.25) is 0 Å². The fourth-order valence-electron chi connectivity index (χ4n) is 1.67. The largest absolute Gasteiger partial charge is 0.0826 e. The van der Waals surface area contributed by atoms with E-state index in [9.17, 15) is 0 Å². The van der Waals surface area contributed by atoms with Crippen LogP contribution in [0.4, 0.5) is 0 Å². The summed E-state index contributed by atoms with van der Waals surface area (Å²) in [5, 5.41) is 0. The summed E-state index contributed by atoms with van der Waals surface area (Å²) in [7, 11) is 0. The molecule has 0 saturated heterocycles. The second-order valence-electron chi connectivity index (χ2n) is 3.36. The van der Waals surface area contributed by atoms with Crippen LogP contribution >= 0.6 is 22.6 Å². The Labute approximate surface area is 71.5 Å². The van der Waals surface area contributed by atoms with Gasteiger partial charge in [0.15, 0.2) is 0 Å². The number of rotatable bonds is 1. The minimum atomic E-state index is 0.896. The average Bonchev–Trinajstić information content (AvgIpc) is 2.14. The van der Waals surface area contributed by atoms with Gasteiger partial charge in [-0.1, -0.05) is 42.9 Å². The standard InChI is InChI=1S/C8H15I/c1-6-3-4-8(5-6)7(2)9/h6-8H,3-5H2,1-2H3/t6-,7+,8+/m1/s1. The molecule has 0 nitrogen and oxygen atoms in total. The third-order valence-electron chi connectivity index (χ3n) is 2.38. The third-order valence-corrected chi connectivity index (χ3v) is 3.40. The molecule has 1 aliphatic rings. The normalized spacial score (nSPS) is 39.0. The van der Waals surface area contributed by atoms with Crippen LogP contribution in [0.5, 0.6) is 0 Å². The van der Waals surface area contributed by atoms with Crippen molar-refractivity contribution in [2.24, 2.45) is 11.8 Å². The van der Waals surface area contributed by atoms with Crippen molar-refractivity contribution in [3.63, 3.8) is 0 Å². The third kappa shape index (κ3) is 2.10. The summed E-state index contributed by atoms with van der Waals surface area (Å²) in [6.45, 7) is 4.71. The summed E-state index contributed by atoms with van der Waals surface area (Å²) in [6, 6.07) is 0. The monoisotopic (exact) mass is 238 g/mol. The van der Waals surface area contributed by atoms with Crippen molar-refractivity contribution < 1.29 is 0 Å². The number of hydrogen-bond acceptors (Lipinski definition) is 0. The van der Waals surface area contributed by atoms with E-state index in [1.54, 1.807) is 0 Å². The van der Waals surface area contributed by atoms with Gasteiger partial charge < -0.3 is 0 Å². The summed E-state index contributed by atoms with van der Waals surface area (Å²) < 4.78 is 0.896. The van der Waals surface area contributed by atoms with Crippen LogP contribution in [-0.2, 0) is 0 Å². The molecule has 3 atom stereocenters. The zero-order chi connectivity index (χ0) is 6.85. The molecule has 0 bridgehead atoms. The van der Waals surface area contributed by atoms with Gasteiger partial charge in [0.05, 0.1) is 0 Å². The van der Waals surface area contributed by atoms with Crippen LogP contribution in [0, 0.1) is 11.8 Å². The summed E-state index contributed by atoms with van der Waals surface area (Å²) in [4.78, 5) is 0. The van der Waals surface area contributed by atoms with Gasteiger partial charge in [0.1, 0.15) is 0 Å². The lowest BCUT2D eigenvalue weighted by Gasteiger charge is -2.10. The molecule has 0 aromatic rings. The maximum Gasteiger partial charge on any atom is 0.0110 e. The second kappa shape index (κ2) is 3.22. The first-order valence-corrected chi connectivity index (χ1v) is 5.08. The van der Waals surface area contributed by atoms with E-state index < -0.39 is 0 Å². The first-order chi connectivity index (χ1) is 4.20. The van der Waals surface area contributed by atoms with Crippen molar-refractivity contribution >= 4 is 22.6 Å². The van der Waals surface area contributed by atoms with E-state index in [0.29, 0.717) is 0 Å². The zero-order valence-electron chi connectivity index (χ0n) is 6.23. The highest BCUT2D eigenvalue weighted by atomic mass is 127. The molecule has 1 fully saturated rings. The summed E-state index contributed by atoms with van der Waals surface area (Å²) in [5.74, 6) is 2.04. The van der Waals surface area contributed by atoms with Crippen molar-refractivity contribution in [1.82, 2.24) is 0 Å². The SMILES string of the molecule is C[C@@H]1CC[C@H]([C@H](C)I)C1. The topological polar surface area (TPSA) is 0 Å². The van der Waals surface area contributed by atoms with E-state index in [2.05, 4.69) is 36.4 Å². The van der Waals surface area contributed by atoms with Crippen LogP contribution in [0.2, 0.25) is 0 Å². The molecule has 0 spiro atoms. The molecule has 1 heteroatoms. The Morgan fingerprint density at radius 1 is 1.44 bits per heavy atom. The molecule has 0 aromatic heterocycles. The molecular formula is C8H15I. The van der Waals surface area contributed by atoms with E-state index in [4.69, 9.17) is 0 Å². The van der Waals surface area contributed by atoms with Crippen molar-refractivity contribution in [2.75, 3.05) is 0 Å². The molecule has 0 radical (unpaired) electrons. The van der Waals surface area contributed by atoms with Crippen LogP contribution in [0.15, 0.2) is 0 Å². The van der Waals surface area contributed by atoms with E-state index >= 15 is 0 Å². The molecule has 0 amide bonds. The lowest BCUT2D eigenvalue weighted by molar-refractivity contribution is 0.522. The van der Waals surface area contributed by atoms with Crippen LogP contribution in [0.25, 0.3) is 0 Å². The lowest BCUT2D eigenvalue weighted by atomic mass is 10.0. The predicted molar refractivity (Wildman–Crippen MR) is 50.0 cm³/mol. The maximum atomic E-state index is 2.55. The fourth-order valence-corrected chi connectivity index (χ4v) is 2.32. The van der Waals surface area contributed by atoms with Crippen molar-refractivity contribution in [1.29, 1.82) is 0 Å². The lowest BCUT2D eigenvalue weighted by Crippen LogP contribution is -2.05. The summed E-state index contributed by atoms with van der Waals surface area (Å²) in [6.07, 6.45) is 4.42. The Hall–Kier alpha value is 0.730. The van der Waals surface area contributed by atoms with Crippen molar-refractivity contribution in [2.45, 2.75) is 37.0 Å². The Balaban J connectivity index is 2.30. The first kappa shape index (κ1) is 7.83. The van der Waals surface area contributed by atoms with Gasteiger partial charge in [-0.05, 0) is 24.7 Å². The molecule has 1 saturated carbocycles. The van der Waals surface area contributed by atoms with Gasteiger partial charge >= 0.3 is 0 Å². The van der Waals surface area contributed by atoms with E-state index in [0.717, 1.165) is 15.8 Å². The van der Waals surface area contributed by atoms with E-state index in [1.165, 1.54) is 19.3 Å². The molecule has 0 aliphatic heterocycles. The fraction of sp³-hybridized carbons (Fsp3) is 1.00. The number of alkyl halides is 1. The second-order valence-corrected chi connectivity index (χ2v) is 5.32. The molecular weight excluding hydrogens is 223 g/mol. The number of halogens is 1. The Morgan fingerprint density at radius 2 is 2.11 bits per heavy atom. The van der Waals surface area contributed by atoms with E-state index in [1.807, 2.05) is 0 Å². The maximum absolute atomic E-state index is 2.55. The van der Waals surface area contributed by atoms with Gasteiger partial charge in [-0.25, -0.2) is 0 Å². The molecule has 0 heterocycles. The molecule has 0 N–H and O–H groups in total. The smallest absolute Gasteiger partial charge is 0.0110 e. The average molecular weight is 238 g/mol. The molecule has 1 rings (SSSR count). The molecule has 1 aliphatic carbocycles. The van der Waals surface area contributed by atoms with Crippen LogP contribution in [-0.4, -0.2) is 3.92 Å². The van der Waals surface area contributed by atoms with Crippen molar-refractivity contribution in [3.8, 4) is 0 Å². The van der Waals surface area contributed by atoms with Gasteiger partial charge in [-0.15, -0.1) is 0 Å². The minimum absolute atomic E-state index is 0.896. The molecule has 54 valence electrons. The highest BCUT2D eigenvalue weighted by Crippen LogP contribution is 2.35. The summed E-state index contributed by atoms with van der Waals surface area (Å²) >= 11 is 2.55. The number of hydrogen-bond donors (Lipinski definition) is 0. The zero-order valence-corrected chi connectivity index (χ0v) is 8.39. The Morgan fingerprint density at radius 3 is 2.33 bits per heavy atom. The highest BCUT2D eigenvalue weighted by molar-refractivity contribution is 14.1. The van der Waals surface area contributed by atoms with Gasteiger partial charge in [0, 0.05) is 3.92 Å². The minimum Gasteiger partial charge on any atom is -0.0826 e. The quantitative estimate of drug-likeness (QED) is 0.486. The summed E-state index contributed by atoms with van der Waals surface area (Å²) in [5.41, 5.74) is 0.